The molecule has 1 aromatic heterocycles. The Bertz CT molecular complexity index is 516. The minimum atomic E-state index is -0.778. The lowest BCUT2D eigenvalue weighted by molar-refractivity contribution is -0.147. The third kappa shape index (κ3) is 2.17. The summed E-state index contributed by atoms with van der Waals surface area (Å²) < 4.78 is 10.1. The molecule has 5 nitrogen and oxygen atoms in total. The van der Waals surface area contributed by atoms with Crippen molar-refractivity contribution in [3.63, 3.8) is 0 Å². The normalized spacial score (nSPS) is 21.1. The van der Waals surface area contributed by atoms with Crippen molar-refractivity contribution >= 4 is 11.8 Å². The number of hydrogen-bond donors (Lipinski definition) is 0. The lowest BCUT2D eigenvalue weighted by atomic mass is 9.67. The summed E-state index contributed by atoms with van der Waals surface area (Å²) in [5, 5.41) is 3.98. The molecule has 19 heavy (non-hydrogen) atoms. The number of carbonyl (C=O) groups is 2. The van der Waals surface area contributed by atoms with Gasteiger partial charge in [0.1, 0.15) is 11.7 Å². The van der Waals surface area contributed by atoms with Crippen LogP contribution in [0.5, 0.6) is 0 Å². The number of aromatic nitrogens is 1. The molecule has 0 N–H and O–H groups in total. The van der Waals surface area contributed by atoms with Crippen LogP contribution in [-0.4, -0.2) is 24.0 Å². The summed E-state index contributed by atoms with van der Waals surface area (Å²) >= 11 is 0. The molecule has 1 aromatic rings. The van der Waals surface area contributed by atoms with E-state index >= 15 is 0 Å². The van der Waals surface area contributed by atoms with Crippen LogP contribution in [0.1, 0.15) is 49.0 Å². The lowest BCUT2D eigenvalue weighted by Gasteiger charge is -2.34. The molecule has 0 aromatic carbocycles. The van der Waals surface area contributed by atoms with Gasteiger partial charge in [-0.3, -0.25) is 9.59 Å². The number of fused-ring (bicyclic) bond motifs is 1. The first kappa shape index (κ1) is 13.8. The zero-order valence-electron chi connectivity index (χ0n) is 11.8. The maximum atomic E-state index is 12.6. The van der Waals surface area contributed by atoms with Crippen LogP contribution in [0.2, 0.25) is 0 Å². The fourth-order valence-electron chi connectivity index (χ4n) is 2.73. The van der Waals surface area contributed by atoms with Gasteiger partial charge in [-0.05, 0) is 11.8 Å². The third-order valence-corrected chi connectivity index (χ3v) is 3.66. The van der Waals surface area contributed by atoms with Gasteiger partial charge in [-0.25, -0.2) is 0 Å². The smallest absolute Gasteiger partial charge is 0.317 e. The van der Waals surface area contributed by atoms with Gasteiger partial charge in [-0.1, -0.05) is 32.3 Å². The molecule has 0 amide bonds. The summed E-state index contributed by atoms with van der Waals surface area (Å²) in [6.07, 6.45) is 2.07. The second-order valence-corrected chi connectivity index (χ2v) is 5.66. The Hall–Kier alpha value is -1.65. The zero-order chi connectivity index (χ0) is 14.2. The van der Waals surface area contributed by atoms with Crippen LogP contribution >= 0.6 is 0 Å². The topological polar surface area (TPSA) is 69.4 Å². The molecule has 1 aliphatic carbocycles. The van der Waals surface area contributed by atoms with Crippen molar-refractivity contribution in [1.82, 2.24) is 5.16 Å². The van der Waals surface area contributed by atoms with Crippen LogP contribution in [0.25, 0.3) is 0 Å². The van der Waals surface area contributed by atoms with Gasteiger partial charge in [0.05, 0.1) is 18.4 Å². The molecule has 0 fully saturated rings. The number of carbonyl (C=O) groups excluding carboxylic acids is 2. The fraction of sp³-hybridized carbons (Fsp3) is 0.643. The van der Waals surface area contributed by atoms with Crippen LogP contribution in [0.15, 0.2) is 4.52 Å². The van der Waals surface area contributed by atoms with Crippen molar-refractivity contribution in [2.24, 2.45) is 11.3 Å². The molecule has 104 valence electrons. The van der Waals surface area contributed by atoms with E-state index in [0.717, 1.165) is 6.42 Å². The minimum Gasteiger partial charge on any atom is -0.468 e. The van der Waals surface area contributed by atoms with Crippen molar-refractivity contribution in [3.8, 4) is 0 Å². The maximum absolute atomic E-state index is 12.6. The molecule has 0 unspecified atom stereocenters. The van der Waals surface area contributed by atoms with Crippen molar-refractivity contribution < 1.29 is 18.8 Å². The van der Waals surface area contributed by atoms with Crippen molar-refractivity contribution in [2.75, 3.05) is 7.11 Å². The third-order valence-electron chi connectivity index (χ3n) is 3.66. The van der Waals surface area contributed by atoms with Crippen LogP contribution in [0, 0.1) is 11.3 Å². The lowest BCUT2D eigenvalue weighted by Crippen LogP contribution is -2.43. The van der Waals surface area contributed by atoms with Crippen LogP contribution in [0.3, 0.4) is 0 Å². The standard InChI is InChI=1S/C14H19NO4/c1-5-6-8-10-9(19-15-8)7-14(2,3)11(12(10)16)13(17)18-4/h11H,5-7H2,1-4H3/t11-/m1/s1. The second-order valence-electron chi connectivity index (χ2n) is 5.66. The fourth-order valence-corrected chi connectivity index (χ4v) is 2.73. The predicted molar refractivity (Wildman–Crippen MR) is 67.8 cm³/mol. The Morgan fingerprint density at radius 1 is 1.53 bits per heavy atom. The van der Waals surface area contributed by atoms with Crippen molar-refractivity contribution in [2.45, 2.75) is 40.0 Å². The molecule has 0 radical (unpaired) electrons. The zero-order valence-corrected chi connectivity index (χ0v) is 11.8. The molecule has 0 saturated heterocycles. The number of methoxy groups -OCH3 is 1. The van der Waals surface area contributed by atoms with Gasteiger partial charge in [0.15, 0.2) is 5.78 Å². The van der Waals surface area contributed by atoms with E-state index in [0.29, 0.717) is 29.9 Å². The van der Waals surface area contributed by atoms with Crippen LogP contribution in [0.4, 0.5) is 0 Å². The van der Waals surface area contributed by atoms with Crippen LogP contribution < -0.4 is 0 Å². The van der Waals surface area contributed by atoms with E-state index in [1.165, 1.54) is 7.11 Å². The number of Topliss-reactive ketones (excluding diaryl/α,β-unsaturated/α-hetero) is 1. The molecule has 1 aliphatic rings. The van der Waals surface area contributed by atoms with Gasteiger partial charge in [-0.2, -0.15) is 0 Å². The van der Waals surface area contributed by atoms with Gasteiger partial charge in [0, 0.05) is 6.42 Å². The number of ketones is 1. The average Bonchev–Trinajstić information content (AvgIpc) is 2.71. The molecule has 1 heterocycles. The molecule has 0 aliphatic heterocycles. The molecule has 2 rings (SSSR count). The van der Waals surface area contributed by atoms with Crippen LogP contribution in [-0.2, 0) is 22.4 Å². The highest BCUT2D eigenvalue weighted by Gasteiger charge is 2.49. The van der Waals surface area contributed by atoms with E-state index in [1.54, 1.807) is 0 Å². The Morgan fingerprint density at radius 2 is 2.21 bits per heavy atom. The van der Waals surface area contributed by atoms with Crippen molar-refractivity contribution in [1.29, 1.82) is 0 Å². The van der Waals surface area contributed by atoms with E-state index in [1.807, 2.05) is 20.8 Å². The average molecular weight is 265 g/mol. The monoisotopic (exact) mass is 265 g/mol. The first-order valence-corrected chi connectivity index (χ1v) is 6.51. The molecule has 0 saturated carbocycles. The molecule has 0 bridgehead atoms. The first-order valence-electron chi connectivity index (χ1n) is 6.51. The molecule has 1 atom stereocenters. The summed E-state index contributed by atoms with van der Waals surface area (Å²) in [6.45, 7) is 5.75. The van der Waals surface area contributed by atoms with Gasteiger partial charge >= 0.3 is 5.97 Å². The number of aryl methyl sites for hydroxylation is 1. The summed E-state index contributed by atoms with van der Waals surface area (Å²) in [7, 11) is 1.31. The summed E-state index contributed by atoms with van der Waals surface area (Å²) in [5.41, 5.74) is 0.642. The molecular weight excluding hydrogens is 246 g/mol. The molecule has 0 spiro atoms. The van der Waals surface area contributed by atoms with Crippen molar-refractivity contribution in [3.05, 3.63) is 17.0 Å². The Kier molecular flexibility index (Phi) is 3.47. The maximum Gasteiger partial charge on any atom is 0.317 e. The van der Waals surface area contributed by atoms with E-state index in [9.17, 15) is 9.59 Å². The first-order chi connectivity index (χ1) is 8.92. The highest BCUT2D eigenvalue weighted by molar-refractivity contribution is 6.11. The Labute approximate surface area is 112 Å². The number of nitrogens with zero attached hydrogens (tertiary/aromatic N) is 1. The summed E-state index contributed by atoms with van der Waals surface area (Å²) in [4.78, 5) is 24.5. The van der Waals surface area contributed by atoms with Gasteiger partial charge in [0.2, 0.25) is 0 Å². The van der Waals surface area contributed by atoms with E-state index < -0.39 is 17.3 Å². The number of esters is 1. The van der Waals surface area contributed by atoms with Gasteiger partial charge in [0.25, 0.3) is 0 Å². The number of rotatable bonds is 3. The number of hydrogen-bond acceptors (Lipinski definition) is 5. The van der Waals surface area contributed by atoms with E-state index in [-0.39, 0.29) is 5.78 Å². The Morgan fingerprint density at radius 3 is 2.79 bits per heavy atom. The quantitative estimate of drug-likeness (QED) is 0.619. The van der Waals surface area contributed by atoms with Gasteiger partial charge in [-0.15, -0.1) is 0 Å². The summed E-state index contributed by atoms with van der Waals surface area (Å²) in [6, 6.07) is 0. The largest absolute Gasteiger partial charge is 0.468 e. The predicted octanol–water partition coefficient (Wildman–Crippen LogP) is 2.18. The molecular formula is C14H19NO4. The number of ether oxygens (including phenoxy) is 1. The van der Waals surface area contributed by atoms with E-state index in [4.69, 9.17) is 9.26 Å². The highest BCUT2D eigenvalue weighted by atomic mass is 16.5. The van der Waals surface area contributed by atoms with E-state index in [2.05, 4.69) is 5.16 Å². The molecule has 5 heteroatoms. The summed E-state index contributed by atoms with van der Waals surface area (Å²) in [5.74, 6) is -0.884. The SMILES string of the molecule is CCCc1noc2c1C(=O)[C@H](C(=O)OC)C(C)(C)C2. The minimum absolute atomic E-state index is 0.220. The highest BCUT2D eigenvalue weighted by Crippen LogP contribution is 2.41. The Balaban J connectivity index is 2.48. The second kappa shape index (κ2) is 4.79. The van der Waals surface area contributed by atoms with Gasteiger partial charge < -0.3 is 9.26 Å².